The largest absolute Gasteiger partial charge is 0.345 e. The maximum Gasteiger partial charge on any atom is 0.345 e. The first-order valence-corrected chi connectivity index (χ1v) is 11.3. The Morgan fingerprint density at radius 2 is 1.43 bits per heavy atom. The number of urea groups is 1. The number of tetrazole rings is 2. The lowest BCUT2D eigenvalue weighted by atomic mass is 10.0. The summed E-state index contributed by atoms with van der Waals surface area (Å²) in [6.45, 7) is 0. The van der Waals surface area contributed by atoms with Gasteiger partial charge in [0.2, 0.25) is 10.3 Å². The van der Waals surface area contributed by atoms with Crippen LogP contribution in [0, 0.1) is 0 Å². The van der Waals surface area contributed by atoms with Gasteiger partial charge in [-0.25, -0.2) is 9.86 Å². The van der Waals surface area contributed by atoms with Crippen LogP contribution in [0.3, 0.4) is 0 Å². The lowest BCUT2D eigenvalue weighted by Gasteiger charge is -2.15. The number of carbonyl (C=O) groups is 2. The number of nitrogens with one attached hydrogen (secondary N) is 2. The monoisotopic (exact) mass is 544 g/mol. The van der Waals surface area contributed by atoms with Gasteiger partial charge in [0.05, 0.1) is 17.1 Å². The summed E-state index contributed by atoms with van der Waals surface area (Å²) in [5, 5.41) is 45.3. The lowest BCUT2D eigenvalue weighted by molar-refractivity contribution is -0.143. The molecule has 0 radical (unpaired) electrons. The van der Waals surface area contributed by atoms with E-state index in [2.05, 4.69) is 67.1 Å². The zero-order valence-corrected chi connectivity index (χ0v) is 20.8. The minimum atomic E-state index is -0.734. The number of aromatic nitrogens is 8. The summed E-state index contributed by atoms with van der Waals surface area (Å²) in [6.07, 6.45) is 1.17. The van der Waals surface area contributed by atoms with Crippen molar-refractivity contribution in [2.75, 3.05) is 17.8 Å². The number of anilines is 2. The van der Waals surface area contributed by atoms with Crippen molar-refractivity contribution >= 4 is 49.1 Å². The molecule has 2 heterocycles. The molecule has 16 nitrogen and oxygen atoms in total. The SMILES string of the molecule is CN(O)C(=O)Nc1cc(CCc2cc(NN(O)C=O)cc(-n3nnnc3S)c2)cc(-n2nnnc2S)c1. The number of amides is 3. The Labute approximate surface area is 219 Å². The molecule has 2 aromatic carbocycles. The third-order valence-corrected chi connectivity index (χ3v) is 5.50. The molecule has 0 fully saturated rings. The van der Waals surface area contributed by atoms with E-state index in [0.29, 0.717) is 40.7 Å². The summed E-state index contributed by atoms with van der Waals surface area (Å²) in [4.78, 5) is 22.9. The summed E-state index contributed by atoms with van der Waals surface area (Å²) < 4.78 is 2.76. The Bertz CT molecular complexity index is 1430. The lowest BCUT2D eigenvalue weighted by Crippen LogP contribution is -2.28. The molecule has 4 aromatic rings. The van der Waals surface area contributed by atoms with Gasteiger partial charge < -0.3 is 5.32 Å². The Morgan fingerprint density at radius 1 is 0.919 bits per heavy atom. The highest BCUT2D eigenvalue weighted by Crippen LogP contribution is 2.24. The van der Waals surface area contributed by atoms with Gasteiger partial charge in [-0.05, 0) is 81.2 Å². The van der Waals surface area contributed by atoms with Crippen LogP contribution in [0.1, 0.15) is 11.1 Å². The van der Waals surface area contributed by atoms with E-state index in [1.165, 1.54) is 16.4 Å². The first kappa shape index (κ1) is 25.8. The Balaban J connectivity index is 1.66. The van der Waals surface area contributed by atoms with Gasteiger partial charge in [-0.15, -0.1) is 40.6 Å². The normalized spacial score (nSPS) is 10.7. The number of nitrogens with zero attached hydrogens (tertiary/aromatic N) is 10. The molecule has 37 heavy (non-hydrogen) atoms. The van der Waals surface area contributed by atoms with E-state index < -0.39 is 6.03 Å². The first-order valence-electron chi connectivity index (χ1n) is 10.4. The van der Waals surface area contributed by atoms with E-state index in [1.807, 2.05) is 12.1 Å². The van der Waals surface area contributed by atoms with Crippen molar-refractivity contribution in [3.63, 3.8) is 0 Å². The molecule has 4 N–H and O–H groups in total. The van der Waals surface area contributed by atoms with E-state index in [-0.39, 0.29) is 21.9 Å². The minimum Gasteiger partial charge on any atom is -0.306 e. The van der Waals surface area contributed by atoms with Crippen molar-refractivity contribution in [1.82, 2.24) is 50.6 Å². The van der Waals surface area contributed by atoms with Crippen LogP contribution in [0.25, 0.3) is 11.4 Å². The summed E-state index contributed by atoms with van der Waals surface area (Å²) in [5.74, 6) is 0. The van der Waals surface area contributed by atoms with Crippen molar-refractivity contribution in [2.45, 2.75) is 23.2 Å². The zero-order valence-electron chi connectivity index (χ0n) is 19.0. The average Bonchev–Trinajstić information content (AvgIpc) is 3.50. The van der Waals surface area contributed by atoms with E-state index in [1.54, 1.807) is 24.3 Å². The second-order valence-corrected chi connectivity index (χ2v) is 8.37. The van der Waals surface area contributed by atoms with Crippen molar-refractivity contribution in [3.05, 3.63) is 47.5 Å². The highest BCUT2D eigenvalue weighted by Gasteiger charge is 2.13. The Morgan fingerprint density at radius 3 is 1.89 bits per heavy atom. The first-order chi connectivity index (χ1) is 17.7. The maximum atomic E-state index is 12.0. The van der Waals surface area contributed by atoms with Crippen LogP contribution < -0.4 is 10.7 Å². The molecule has 0 aliphatic rings. The molecule has 0 saturated carbocycles. The molecule has 0 unspecified atom stereocenters. The highest BCUT2D eigenvalue weighted by atomic mass is 32.1. The molecule has 0 atom stereocenters. The van der Waals surface area contributed by atoms with Gasteiger partial charge >= 0.3 is 6.03 Å². The number of thiol groups is 2. The fourth-order valence-electron chi connectivity index (χ4n) is 3.37. The smallest absolute Gasteiger partial charge is 0.306 e. The molecular formula is C19H20N12O4S2. The minimum absolute atomic E-state index is 0.202. The second kappa shape index (κ2) is 11.2. The van der Waals surface area contributed by atoms with Crippen molar-refractivity contribution in [1.29, 1.82) is 0 Å². The van der Waals surface area contributed by atoms with Crippen LogP contribution in [0.15, 0.2) is 46.7 Å². The van der Waals surface area contributed by atoms with Crippen molar-refractivity contribution in [2.24, 2.45) is 0 Å². The van der Waals surface area contributed by atoms with Crippen LogP contribution in [0.4, 0.5) is 16.2 Å². The number of benzene rings is 2. The van der Waals surface area contributed by atoms with E-state index in [9.17, 15) is 20.0 Å². The predicted octanol–water partition coefficient (Wildman–Crippen LogP) is 1.03. The van der Waals surface area contributed by atoms with Gasteiger partial charge in [-0.2, -0.15) is 9.36 Å². The number of hydroxylamine groups is 3. The highest BCUT2D eigenvalue weighted by molar-refractivity contribution is 7.80. The molecule has 0 aliphatic heterocycles. The summed E-state index contributed by atoms with van der Waals surface area (Å²) in [6, 6.07) is 9.64. The third-order valence-electron chi connectivity index (χ3n) is 4.94. The molecule has 0 aliphatic carbocycles. The molecule has 0 bridgehead atoms. The number of aryl methyl sites for hydroxylation is 2. The molecule has 18 heteroatoms. The average molecular weight is 545 g/mol. The molecule has 3 amide bonds. The fraction of sp³-hybridized carbons (Fsp3) is 0.158. The Kier molecular flexibility index (Phi) is 7.82. The van der Waals surface area contributed by atoms with Crippen LogP contribution in [-0.2, 0) is 17.6 Å². The molecule has 2 aromatic heterocycles. The third kappa shape index (κ3) is 6.30. The second-order valence-electron chi connectivity index (χ2n) is 7.57. The van der Waals surface area contributed by atoms with Gasteiger partial charge in [-0.1, -0.05) is 0 Å². The molecule has 0 saturated heterocycles. The number of hydrogen-bond acceptors (Lipinski definition) is 13. The van der Waals surface area contributed by atoms with Crippen LogP contribution in [0.5, 0.6) is 0 Å². The summed E-state index contributed by atoms with van der Waals surface area (Å²) in [5.41, 5.74) is 5.99. The number of carbonyl (C=O) groups excluding carboxylic acids is 2. The van der Waals surface area contributed by atoms with Gasteiger partial charge in [0.15, 0.2) is 0 Å². The van der Waals surface area contributed by atoms with Crippen LogP contribution >= 0.6 is 25.3 Å². The van der Waals surface area contributed by atoms with Crippen molar-refractivity contribution < 1.29 is 20.0 Å². The zero-order chi connectivity index (χ0) is 26.5. The summed E-state index contributed by atoms with van der Waals surface area (Å²) >= 11 is 8.48. The molecule has 0 spiro atoms. The van der Waals surface area contributed by atoms with Crippen molar-refractivity contribution in [3.8, 4) is 11.4 Å². The van der Waals surface area contributed by atoms with Gasteiger partial charge in [0.25, 0.3) is 6.41 Å². The molecular weight excluding hydrogens is 524 g/mol. The number of rotatable bonds is 9. The number of hydrogen-bond donors (Lipinski definition) is 6. The number of hydrazine groups is 1. The maximum absolute atomic E-state index is 12.0. The summed E-state index contributed by atoms with van der Waals surface area (Å²) in [7, 11) is 1.20. The quantitative estimate of drug-likeness (QED) is 0.0763. The molecule has 192 valence electrons. The standard InChI is InChI=1S/C19H20N12O4S2/c1-28(34)17(33)20-13-4-11(6-15(8-13)30-18(36)21-24-26-30)2-3-12-5-14(23-29(35)10-32)9-16(7-12)31-19(37)22-25-27-31/h4-10,23,34-35H,2-3H2,1H3,(H,20,33)(H,21,26,36)(H,22,27,37). The van der Waals surface area contributed by atoms with Crippen LogP contribution in [0.2, 0.25) is 0 Å². The van der Waals surface area contributed by atoms with Crippen LogP contribution in [-0.4, -0.2) is 80.6 Å². The van der Waals surface area contributed by atoms with Gasteiger partial charge in [0, 0.05) is 12.7 Å². The predicted molar refractivity (Wildman–Crippen MR) is 132 cm³/mol. The molecule has 4 rings (SSSR count). The topological polar surface area (TPSA) is 192 Å². The van der Waals surface area contributed by atoms with Gasteiger partial charge in [0.1, 0.15) is 0 Å². The Hall–Kier alpha value is -4.26. The van der Waals surface area contributed by atoms with E-state index >= 15 is 0 Å². The van der Waals surface area contributed by atoms with Gasteiger partial charge in [-0.3, -0.25) is 20.6 Å². The fourth-order valence-corrected chi connectivity index (χ4v) is 3.76. The van der Waals surface area contributed by atoms with E-state index in [4.69, 9.17) is 0 Å². The van der Waals surface area contributed by atoms with E-state index in [0.717, 1.165) is 11.1 Å².